The second-order valence-electron chi connectivity index (χ2n) is 6.21. The van der Waals surface area contributed by atoms with E-state index in [2.05, 4.69) is 28.7 Å². The molecule has 0 aromatic carbocycles. The smallest absolute Gasteiger partial charge is 0.158 e. The molecule has 0 bridgehead atoms. The quantitative estimate of drug-likeness (QED) is 0.711. The molecule has 118 valence electrons. The molecule has 1 heterocycles. The van der Waals surface area contributed by atoms with Gasteiger partial charge in [-0.15, -0.1) is 0 Å². The van der Waals surface area contributed by atoms with Crippen molar-refractivity contribution in [3.05, 3.63) is 17.0 Å². The summed E-state index contributed by atoms with van der Waals surface area (Å²) < 4.78 is 5.14. The Bertz CT molecular complexity index is 447. The minimum atomic E-state index is 0.399. The molecule has 0 aliphatic heterocycles. The Hall–Kier alpha value is -0.870. The summed E-state index contributed by atoms with van der Waals surface area (Å²) in [4.78, 5) is 11.3. The van der Waals surface area contributed by atoms with Crippen molar-refractivity contribution in [2.45, 2.75) is 58.6 Å². The molecule has 21 heavy (non-hydrogen) atoms. The van der Waals surface area contributed by atoms with Gasteiger partial charge >= 0.3 is 0 Å². The molecule has 0 amide bonds. The maximum absolute atomic E-state index is 6.17. The monoisotopic (exact) mass is 311 g/mol. The zero-order valence-corrected chi connectivity index (χ0v) is 14.1. The van der Waals surface area contributed by atoms with E-state index in [9.17, 15) is 0 Å². The third-order valence-electron chi connectivity index (χ3n) is 4.01. The van der Waals surface area contributed by atoms with E-state index in [1.807, 2.05) is 6.07 Å². The second-order valence-corrected chi connectivity index (χ2v) is 6.60. The third-order valence-corrected chi connectivity index (χ3v) is 4.20. The van der Waals surface area contributed by atoms with Gasteiger partial charge in [0.1, 0.15) is 17.6 Å². The van der Waals surface area contributed by atoms with Gasteiger partial charge in [-0.05, 0) is 25.2 Å². The normalized spacial score (nSPS) is 15.9. The lowest BCUT2D eigenvalue weighted by Gasteiger charge is -2.31. The zero-order chi connectivity index (χ0) is 15.2. The lowest BCUT2D eigenvalue weighted by Crippen LogP contribution is -2.35. The Balaban J connectivity index is 2.21. The van der Waals surface area contributed by atoms with Gasteiger partial charge in [0.05, 0.1) is 0 Å². The van der Waals surface area contributed by atoms with Gasteiger partial charge in [-0.25, -0.2) is 9.97 Å². The van der Waals surface area contributed by atoms with Crippen LogP contribution in [0.3, 0.4) is 0 Å². The Labute approximate surface area is 132 Å². The molecule has 1 saturated carbocycles. The molecule has 1 fully saturated rings. The molecule has 1 aliphatic carbocycles. The Morgan fingerprint density at radius 1 is 1.33 bits per heavy atom. The number of ether oxygens (including phenoxy) is 1. The predicted octanol–water partition coefficient (Wildman–Crippen LogP) is 4.07. The zero-order valence-electron chi connectivity index (χ0n) is 13.3. The molecule has 0 radical (unpaired) electrons. The number of anilines is 1. The standard InChI is InChI=1S/C16H26ClN3O/c1-12(2)8-9-20(13-6-4-5-7-13)16-10-14(17)18-15(19-16)11-21-3/h10,12-13H,4-9,11H2,1-3H3. The molecule has 1 aliphatic rings. The predicted molar refractivity (Wildman–Crippen MR) is 86.8 cm³/mol. The lowest BCUT2D eigenvalue weighted by atomic mass is 10.1. The van der Waals surface area contributed by atoms with Gasteiger partial charge in [0.2, 0.25) is 0 Å². The minimum absolute atomic E-state index is 0.399. The molecular formula is C16H26ClN3O. The molecule has 0 N–H and O–H groups in total. The van der Waals surface area contributed by atoms with Gasteiger partial charge in [-0.1, -0.05) is 38.3 Å². The van der Waals surface area contributed by atoms with E-state index < -0.39 is 0 Å². The summed E-state index contributed by atoms with van der Waals surface area (Å²) in [5.74, 6) is 2.30. The first-order valence-corrected chi connectivity index (χ1v) is 8.27. The number of methoxy groups -OCH3 is 1. The summed E-state index contributed by atoms with van der Waals surface area (Å²) in [7, 11) is 1.65. The number of aromatic nitrogens is 2. The average Bonchev–Trinajstić information content (AvgIpc) is 2.92. The van der Waals surface area contributed by atoms with Crippen LogP contribution in [-0.4, -0.2) is 29.7 Å². The fraction of sp³-hybridized carbons (Fsp3) is 0.750. The Kier molecular flexibility index (Phi) is 6.24. The van der Waals surface area contributed by atoms with Crippen molar-refractivity contribution in [1.82, 2.24) is 9.97 Å². The number of rotatable bonds is 7. The number of halogens is 1. The molecule has 0 atom stereocenters. The second kappa shape index (κ2) is 7.95. The first kappa shape index (κ1) is 16.5. The maximum atomic E-state index is 6.17. The van der Waals surface area contributed by atoms with Crippen LogP contribution in [-0.2, 0) is 11.3 Å². The van der Waals surface area contributed by atoms with Crippen LogP contribution in [0.25, 0.3) is 0 Å². The highest BCUT2D eigenvalue weighted by molar-refractivity contribution is 6.29. The van der Waals surface area contributed by atoms with Gasteiger partial charge in [-0.2, -0.15) is 0 Å². The van der Waals surface area contributed by atoms with E-state index in [1.165, 1.54) is 25.7 Å². The van der Waals surface area contributed by atoms with Crippen molar-refractivity contribution in [1.29, 1.82) is 0 Å². The van der Waals surface area contributed by atoms with Crippen molar-refractivity contribution in [3.8, 4) is 0 Å². The molecular weight excluding hydrogens is 286 g/mol. The third kappa shape index (κ3) is 4.82. The minimum Gasteiger partial charge on any atom is -0.377 e. The highest BCUT2D eigenvalue weighted by Crippen LogP contribution is 2.29. The van der Waals surface area contributed by atoms with E-state index in [0.29, 0.717) is 29.5 Å². The van der Waals surface area contributed by atoms with Gasteiger partial charge in [0.25, 0.3) is 0 Å². The molecule has 0 unspecified atom stereocenters. The average molecular weight is 312 g/mol. The van der Waals surface area contributed by atoms with Gasteiger partial charge in [0.15, 0.2) is 5.82 Å². The Morgan fingerprint density at radius 2 is 2.05 bits per heavy atom. The molecule has 4 nitrogen and oxygen atoms in total. The fourth-order valence-corrected chi connectivity index (χ4v) is 3.08. The molecule has 5 heteroatoms. The summed E-state index contributed by atoms with van der Waals surface area (Å²) in [6.07, 6.45) is 6.29. The van der Waals surface area contributed by atoms with Crippen molar-refractivity contribution in [2.75, 3.05) is 18.6 Å². The number of hydrogen-bond donors (Lipinski definition) is 0. The van der Waals surface area contributed by atoms with Crippen molar-refractivity contribution < 1.29 is 4.74 Å². The van der Waals surface area contributed by atoms with E-state index in [4.69, 9.17) is 16.3 Å². The first-order chi connectivity index (χ1) is 10.1. The molecule has 2 rings (SSSR count). The summed E-state index contributed by atoms with van der Waals surface area (Å²) in [6.45, 7) is 5.95. The first-order valence-electron chi connectivity index (χ1n) is 7.89. The summed E-state index contributed by atoms with van der Waals surface area (Å²) >= 11 is 6.17. The van der Waals surface area contributed by atoms with Crippen LogP contribution in [0.1, 0.15) is 51.8 Å². The van der Waals surface area contributed by atoms with E-state index in [1.54, 1.807) is 7.11 Å². The fourth-order valence-electron chi connectivity index (χ4n) is 2.89. The van der Waals surface area contributed by atoms with Gasteiger partial charge in [0, 0.05) is 25.8 Å². The van der Waals surface area contributed by atoms with Crippen LogP contribution in [0, 0.1) is 5.92 Å². The van der Waals surface area contributed by atoms with Crippen molar-refractivity contribution in [3.63, 3.8) is 0 Å². The lowest BCUT2D eigenvalue weighted by molar-refractivity contribution is 0.178. The van der Waals surface area contributed by atoms with Crippen LogP contribution in [0.15, 0.2) is 6.07 Å². The van der Waals surface area contributed by atoms with E-state index in [-0.39, 0.29) is 0 Å². The SMILES string of the molecule is COCc1nc(Cl)cc(N(CCC(C)C)C2CCCC2)n1. The van der Waals surface area contributed by atoms with Crippen molar-refractivity contribution in [2.24, 2.45) is 5.92 Å². The van der Waals surface area contributed by atoms with Crippen LogP contribution in [0.5, 0.6) is 0 Å². The van der Waals surface area contributed by atoms with Gasteiger partial charge < -0.3 is 9.64 Å². The molecule has 0 spiro atoms. The van der Waals surface area contributed by atoms with Crippen molar-refractivity contribution >= 4 is 17.4 Å². The van der Waals surface area contributed by atoms with Crippen LogP contribution in [0.4, 0.5) is 5.82 Å². The Morgan fingerprint density at radius 3 is 2.67 bits per heavy atom. The topological polar surface area (TPSA) is 38.2 Å². The molecule has 0 saturated heterocycles. The molecule has 1 aromatic heterocycles. The van der Waals surface area contributed by atoms with E-state index in [0.717, 1.165) is 18.8 Å². The van der Waals surface area contributed by atoms with Crippen LogP contribution < -0.4 is 4.90 Å². The number of nitrogens with zero attached hydrogens (tertiary/aromatic N) is 3. The summed E-state index contributed by atoms with van der Waals surface area (Å²) in [5, 5.41) is 0.500. The number of hydrogen-bond acceptors (Lipinski definition) is 4. The summed E-state index contributed by atoms with van der Waals surface area (Å²) in [6, 6.07) is 2.48. The van der Waals surface area contributed by atoms with E-state index >= 15 is 0 Å². The highest BCUT2D eigenvalue weighted by atomic mass is 35.5. The molecule has 1 aromatic rings. The van der Waals surface area contributed by atoms with Crippen LogP contribution >= 0.6 is 11.6 Å². The highest BCUT2D eigenvalue weighted by Gasteiger charge is 2.24. The maximum Gasteiger partial charge on any atom is 0.158 e. The van der Waals surface area contributed by atoms with Crippen LogP contribution in [0.2, 0.25) is 5.15 Å². The summed E-state index contributed by atoms with van der Waals surface area (Å²) in [5.41, 5.74) is 0. The van der Waals surface area contributed by atoms with Gasteiger partial charge in [-0.3, -0.25) is 0 Å². The largest absolute Gasteiger partial charge is 0.377 e.